The lowest BCUT2D eigenvalue weighted by Crippen LogP contribution is -2.66. The highest BCUT2D eigenvalue weighted by atomic mass is 19.4. The Morgan fingerprint density at radius 2 is 1.84 bits per heavy atom. The molecule has 3 saturated heterocycles. The maximum atomic E-state index is 16.9. The molecule has 9 nitrogen and oxygen atoms in total. The molecule has 2 aromatic heterocycles. The first kappa shape index (κ1) is 37.0. The monoisotopic (exact) mass is 704 g/mol. The highest BCUT2D eigenvalue weighted by molar-refractivity contribution is 5.58. The summed E-state index contributed by atoms with van der Waals surface area (Å²) in [5.74, 6) is 0.317. The fourth-order valence-electron chi connectivity index (χ4n) is 8.14. The van der Waals surface area contributed by atoms with Gasteiger partial charge in [0.25, 0.3) is 0 Å². The smallest absolute Gasteiger partial charge is 0.379 e. The van der Waals surface area contributed by atoms with Gasteiger partial charge in [-0.05, 0) is 55.1 Å². The summed E-state index contributed by atoms with van der Waals surface area (Å²) in [5.41, 5.74) is 5.22. The van der Waals surface area contributed by atoms with E-state index >= 15 is 4.39 Å². The third kappa shape index (κ3) is 7.14. The van der Waals surface area contributed by atoms with Crippen molar-refractivity contribution in [2.24, 2.45) is 5.92 Å². The molecule has 0 radical (unpaired) electrons. The number of pyridine rings is 1. The Hall–Kier alpha value is -2.81. The number of fused-ring (bicyclic) bond motifs is 1. The van der Waals surface area contributed by atoms with Crippen LogP contribution >= 0.6 is 0 Å². The van der Waals surface area contributed by atoms with E-state index in [2.05, 4.69) is 55.5 Å². The number of benzene rings is 1. The van der Waals surface area contributed by atoms with Crippen LogP contribution in [0.15, 0.2) is 47.5 Å². The molecular weight excluding hydrogens is 650 g/mol. The second-order valence-corrected chi connectivity index (χ2v) is 15.5. The Balaban J connectivity index is 1.31. The Bertz CT molecular complexity index is 1690. The van der Waals surface area contributed by atoms with Crippen molar-refractivity contribution >= 4 is 5.52 Å². The molecule has 0 amide bonds. The number of quaternary nitrogens is 1. The van der Waals surface area contributed by atoms with E-state index in [9.17, 15) is 18.0 Å². The summed E-state index contributed by atoms with van der Waals surface area (Å²) in [6.45, 7) is 10.9. The number of halogens is 4. The molecule has 2 unspecified atom stereocenters. The van der Waals surface area contributed by atoms with Crippen molar-refractivity contribution in [2.75, 3.05) is 60.2 Å². The van der Waals surface area contributed by atoms with Gasteiger partial charge in [0.15, 0.2) is 12.3 Å². The van der Waals surface area contributed by atoms with Crippen LogP contribution in [0.1, 0.15) is 69.6 Å². The van der Waals surface area contributed by atoms with E-state index in [1.54, 1.807) is 24.4 Å². The maximum Gasteiger partial charge on any atom is 0.418 e. The third-order valence-electron chi connectivity index (χ3n) is 11.4. The molecular formula is C37H54F4N7O2+. The van der Waals surface area contributed by atoms with E-state index in [4.69, 9.17) is 4.74 Å². The fourth-order valence-corrected chi connectivity index (χ4v) is 8.14. The van der Waals surface area contributed by atoms with E-state index < -0.39 is 35.2 Å². The molecule has 50 heavy (non-hydrogen) atoms. The van der Waals surface area contributed by atoms with Gasteiger partial charge < -0.3 is 9.64 Å². The largest absolute Gasteiger partial charge is 0.418 e. The molecule has 5 heterocycles. The number of imidazole rings is 1. The van der Waals surface area contributed by atoms with Crippen LogP contribution < -0.4 is 16.5 Å². The van der Waals surface area contributed by atoms with E-state index in [1.165, 1.54) is 29.7 Å². The zero-order valence-electron chi connectivity index (χ0n) is 30.1. The van der Waals surface area contributed by atoms with Crippen LogP contribution in [-0.2, 0) is 22.9 Å². The number of hydrazine groups is 1. The zero-order chi connectivity index (χ0) is 35.8. The SMILES string of the molecule is CCCCCCC[N+]1(C)CNNC1[C@@H](F)C1(c2cccc(-n3cc4c(C(F)(F)F)cc(CN5CCN(C)C[C@@H]5C(C)C)cn4c3=O)c2)COC1. The lowest BCUT2D eigenvalue weighted by atomic mass is 9.73. The van der Waals surface area contributed by atoms with Gasteiger partial charge in [0, 0.05) is 44.6 Å². The number of likely N-dealkylation sites (N-methyl/N-ethyl adjacent to an activating group) is 1. The number of nitrogens with one attached hydrogen (secondary N) is 2. The zero-order valence-corrected chi connectivity index (χ0v) is 30.1. The molecule has 3 aliphatic rings. The molecule has 3 aliphatic heterocycles. The predicted octanol–water partition coefficient (Wildman–Crippen LogP) is 5.30. The number of unbranched alkanes of at least 4 members (excludes halogenated alkanes) is 4. The van der Waals surface area contributed by atoms with E-state index in [-0.39, 0.29) is 24.8 Å². The molecule has 1 aromatic carbocycles. The number of nitrogens with zero attached hydrogens (tertiary/aromatic N) is 5. The molecule has 4 atom stereocenters. The normalized spacial score (nSPS) is 25.4. The van der Waals surface area contributed by atoms with Gasteiger partial charge in [-0.15, -0.1) is 0 Å². The topological polar surface area (TPSA) is 66.2 Å². The van der Waals surface area contributed by atoms with Crippen LogP contribution in [-0.4, -0.2) is 102 Å². The molecule has 13 heteroatoms. The first-order valence-corrected chi connectivity index (χ1v) is 18.2. The quantitative estimate of drug-likeness (QED) is 0.143. The lowest BCUT2D eigenvalue weighted by molar-refractivity contribution is -0.927. The van der Waals surface area contributed by atoms with Crippen LogP contribution in [0.5, 0.6) is 0 Å². The number of hydrogen-bond acceptors (Lipinski definition) is 6. The summed E-state index contributed by atoms with van der Waals surface area (Å²) in [6, 6.07) is 8.35. The fraction of sp³-hybridized carbons (Fsp3) is 0.649. The summed E-state index contributed by atoms with van der Waals surface area (Å²) in [5, 5.41) is 0. The highest BCUT2D eigenvalue weighted by Gasteiger charge is 2.57. The minimum atomic E-state index is -4.67. The molecule has 2 N–H and O–H groups in total. The van der Waals surface area contributed by atoms with Gasteiger partial charge in [0.05, 0.1) is 49.0 Å². The van der Waals surface area contributed by atoms with Crippen molar-refractivity contribution in [3.8, 4) is 5.69 Å². The minimum Gasteiger partial charge on any atom is -0.379 e. The second kappa shape index (κ2) is 14.7. The Morgan fingerprint density at radius 1 is 1.08 bits per heavy atom. The van der Waals surface area contributed by atoms with Gasteiger partial charge in [-0.1, -0.05) is 52.2 Å². The van der Waals surface area contributed by atoms with Crippen molar-refractivity contribution in [3.05, 3.63) is 69.9 Å². The van der Waals surface area contributed by atoms with Crippen LogP contribution in [0.2, 0.25) is 0 Å². The average molecular weight is 705 g/mol. The van der Waals surface area contributed by atoms with Gasteiger partial charge in [-0.25, -0.2) is 14.6 Å². The van der Waals surface area contributed by atoms with Crippen molar-refractivity contribution in [1.29, 1.82) is 0 Å². The standard InChI is InChI=1S/C37H54F4N7O2/c1-6-7-8-9-10-16-48(5)25-42-43-34(48)33(38)36(23-50-24-36)28-12-11-13-29(18-28)46-22-32-30(37(39,40)41)17-27(20-47(32)35(46)49)19-45-15-14-44(4)21-31(45)26(2)3/h11-13,17-18,20,22,26,31,33-34,42-43H,6-10,14-16,19,21,23-25H2,1-5H3/q+1/t31-,33-,34?,48?/m1/s1. The highest BCUT2D eigenvalue weighted by Crippen LogP contribution is 2.42. The average Bonchev–Trinajstić information content (AvgIpc) is 3.60. The van der Waals surface area contributed by atoms with Crippen LogP contribution in [0.25, 0.3) is 11.2 Å². The predicted molar refractivity (Wildman–Crippen MR) is 187 cm³/mol. The lowest BCUT2D eigenvalue weighted by Gasteiger charge is -2.48. The minimum absolute atomic E-state index is 0.171. The summed E-state index contributed by atoms with van der Waals surface area (Å²) < 4.78 is 69.1. The summed E-state index contributed by atoms with van der Waals surface area (Å²) in [6.07, 6.45) is 1.93. The Morgan fingerprint density at radius 3 is 2.52 bits per heavy atom. The van der Waals surface area contributed by atoms with Crippen LogP contribution in [0.4, 0.5) is 17.6 Å². The number of piperazine rings is 1. The van der Waals surface area contributed by atoms with Crippen molar-refractivity contribution in [3.63, 3.8) is 0 Å². The second-order valence-electron chi connectivity index (χ2n) is 15.5. The van der Waals surface area contributed by atoms with Gasteiger partial charge in [-0.2, -0.15) is 18.6 Å². The summed E-state index contributed by atoms with van der Waals surface area (Å²) in [4.78, 5) is 18.4. The van der Waals surface area contributed by atoms with Gasteiger partial charge in [-0.3, -0.25) is 18.4 Å². The van der Waals surface area contributed by atoms with Gasteiger partial charge in [0.1, 0.15) is 6.67 Å². The van der Waals surface area contributed by atoms with Gasteiger partial charge in [0.2, 0.25) is 0 Å². The number of ether oxygens (including phenoxy) is 1. The number of aromatic nitrogens is 2. The maximum absolute atomic E-state index is 16.9. The molecule has 3 fully saturated rings. The number of alkyl halides is 4. The molecule has 0 saturated carbocycles. The number of hydrogen-bond donors (Lipinski definition) is 2. The molecule has 0 aliphatic carbocycles. The molecule has 276 valence electrons. The van der Waals surface area contributed by atoms with Gasteiger partial charge >= 0.3 is 11.9 Å². The van der Waals surface area contributed by atoms with E-state index in [0.29, 0.717) is 40.4 Å². The van der Waals surface area contributed by atoms with Crippen molar-refractivity contribution in [1.82, 2.24) is 29.6 Å². The number of rotatable bonds is 13. The summed E-state index contributed by atoms with van der Waals surface area (Å²) in [7, 11) is 4.13. The molecule has 6 rings (SSSR count). The molecule has 0 bridgehead atoms. The third-order valence-corrected chi connectivity index (χ3v) is 11.4. The van der Waals surface area contributed by atoms with Crippen molar-refractivity contribution < 1.29 is 26.8 Å². The Kier molecular flexibility index (Phi) is 10.8. The molecule has 0 spiro atoms. The summed E-state index contributed by atoms with van der Waals surface area (Å²) >= 11 is 0. The first-order chi connectivity index (χ1) is 23.8. The van der Waals surface area contributed by atoms with Crippen molar-refractivity contribution in [2.45, 2.75) is 89.4 Å². The Labute approximate surface area is 292 Å². The first-order valence-electron chi connectivity index (χ1n) is 18.2. The van der Waals surface area contributed by atoms with E-state index in [1.807, 2.05) is 6.07 Å². The molecule has 3 aromatic rings. The van der Waals surface area contributed by atoms with E-state index in [0.717, 1.165) is 49.8 Å². The van der Waals surface area contributed by atoms with Crippen LogP contribution in [0, 0.1) is 5.92 Å². The van der Waals surface area contributed by atoms with Crippen LogP contribution in [0.3, 0.4) is 0 Å².